The van der Waals surface area contributed by atoms with Crippen molar-refractivity contribution >= 4 is 34.2 Å². The molecule has 0 radical (unpaired) electrons. The van der Waals surface area contributed by atoms with E-state index < -0.39 is 17.5 Å². The molecule has 0 heterocycles. The maximum absolute atomic E-state index is 14.3. The number of halogens is 3. The van der Waals surface area contributed by atoms with Crippen LogP contribution in [-0.2, 0) is 0 Å². The highest BCUT2D eigenvalue weighted by Gasteiger charge is 2.16. The monoisotopic (exact) mass is 359 g/mol. The van der Waals surface area contributed by atoms with Gasteiger partial charge in [0.05, 0.1) is 5.56 Å². The Bertz CT molecular complexity index is 1010. The van der Waals surface area contributed by atoms with Gasteiger partial charge in [0.1, 0.15) is 11.6 Å². The number of amides is 1. The Morgan fingerprint density at radius 1 is 1.00 bits per heavy atom. The van der Waals surface area contributed by atoms with Crippen LogP contribution in [0.3, 0.4) is 0 Å². The SMILES string of the molecule is NC(N)=NC(=O)c1ccc2cccc(-c3c(F)cc(Cl)cc3F)c2c1. The molecule has 25 heavy (non-hydrogen) atoms. The van der Waals surface area contributed by atoms with E-state index in [1.807, 2.05) is 0 Å². The highest BCUT2D eigenvalue weighted by atomic mass is 35.5. The van der Waals surface area contributed by atoms with Gasteiger partial charge in [0.2, 0.25) is 0 Å². The zero-order valence-electron chi connectivity index (χ0n) is 12.8. The number of benzene rings is 3. The minimum absolute atomic E-state index is 0.0392. The van der Waals surface area contributed by atoms with E-state index in [-0.39, 0.29) is 22.1 Å². The molecule has 0 aromatic heterocycles. The van der Waals surface area contributed by atoms with Crippen molar-refractivity contribution in [2.24, 2.45) is 16.5 Å². The molecule has 7 heteroatoms. The summed E-state index contributed by atoms with van der Waals surface area (Å²) < 4.78 is 28.6. The molecule has 0 aliphatic heterocycles. The fourth-order valence-corrected chi connectivity index (χ4v) is 2.80. The largest absolute Gasteiger partial charge is 0.370 e. The smallest absolute Gasteiger partial charge is 0.280 e. The summed E-state index contributed by atoms with van der Waals surface area (Å²) in [6.45, 7) is 0. The fraction of sp³-hybridized carbons (Fsp3) is 0. The predicted molar refractivity (Wildman–Crippen MR) is 94.5 cm³/mol. The molecule has 0 bridgehead atoms. The standard InChI is InChI=1S/C18H12ClF2N3O/c19-11-7-14(20)16(15(21)8-11)12-3-1-2-9-4-5-10(6-13(9)12)17(25)24-18(22)23/h1-8H,(H4,22,23,24,25). The van der Waals surface area contributed by atoms with Crippen molar-refractivity contribution in [3.05, 3.63) is 70.8 Å². The number of rotatable bonds is 2. The second kappa shape index (κ2) is 6.49. The number of aliphatic imine (C=N–C) groups is 1. The summed E-state index contributed by atoms with van der Waals surface area (Å²) in [6.07, 6.45) is 0. The molecule has 4 nitrogen and oxygen atoms in total. The molecule has 126 valence electrons. The summed E-state index contributed by atoms with van der Waals surface area (Å²) in [5, 5.41) is 1.15. The zero-order valence-corrected chi connectivity index (χ0v) is 13.5. The van der Waals surface area contributed by atoms with Crippen LogP contribution < -0.4 is 11.5 Å². The normalized spacial score (nSPS) is 10.7. The minimum atomic E-state index is -0.793. The van der Waals surface area contributed by atoms with E-state index in [4.69, 9.17) is 23.1 Å². The second-order valence-corrected chi connectivity index (χ2v) is 5.76. The van der Waals surface area contributed by atoms with Gasteiger partial charge in [-0.25, -0.2) is 8.78 Å². The van der Waals surface area contributed by atoms with E-state index in [1.54, 1.807) is 24.3 Å². The summed E-state index contributed by atoms with van der Waals surface area (Å²) in [7, 11) is 0. The summed E-state index contributed by atoms with van der Waals surface area (Å²) >= 11 is 5.68. The van der Waals surface area contributed by atoms with Crippen molar-refractivity contribution < 1.29 is 13.6 Å². The molecular formula is C18H12ClF2N3O. The average Bonchev–Trinajstić information content (AvgIpc) is 2.53. The Kier molecular flexibility index (Phi) is 4.37. The Morgan fingerprint density at radius 3 is 2.32 bits per heavy atom. The quantitative estimate of drug-likeness (QED) is 0.538. The number of guanidine groups is 1. The van der Waals surface area contributed by atoms with Gasteiger partial charge in [0.15, 0.2) is 5.96 Å². The highest BCUT2D eigenvalue weighted by Crippen LogP contribution is 2.34. The summed E-state index contributed by atoms with van der Waals surface area (Å²) in [4.78, 5) is 15.5. The van der Waals surface area contributed by atoms with E-state index in [9.17, 15) is 13.6 Å². The maximum Gasteiger partial charge on any atom is 0.280 e. The van der Waals surface area contributed by atoms with Gasteiger partial charge >= 0.3 is 0 Å². The molecule has 3 aromatic rings. The highest BCUT2D eigenvalue weighted by molar-refractivity contribution is 6.30. The van der Waals surface area contributed by atoms with Crippen LogP contribution in [0.4, 0.5) is 8.78 Å². The molecule has 0 saturated carbocycles. The lowest BCUT2D eigenvalue weighted by Crippen LogP contribution is -2.24. The van der Waals surface area contributed by atoms with E-state index in [0.717, 1.165) is 12.1 Å². The van der Waals surface area contributed by atoms with Gasteiger partial charge in [-0.1, -0.05) is 35.9 Å². The van der Waals surface area contributed by atoms with E-state index >= 15 is 0 Å². The molecular weight excluding hydrogens is 348 g/mol. The Balaban J connectivity index is 2.27. The molecule has 0 atom stereocenters. The fourth-order valence-electron chi connectivity index (χ4n) is 2.60. The van der Waals surface area contributed by atoms with Gasteiger partial charge in [0, 0.05) is 10.6 Å². The van der Waals surface area contributed by atoms with Crippen molar-refractivity contribution in [3.63, 3.8) is 0 Å². The third kappa shape index (κ3) is 3.29. The van der Waals surface area contributed by atoms with Crippen LogP contribution >= 0.6 is 11.6 Å². The molecule has 0 unspecified atom stereocenters. The predicted octanol–water partition coefficient (Wildman–Crippen LogP) is 3.85. The first-order chi connectivity index (χ1) is 11.9. The van der Waals surface area contributed by atoms with Crippen LogP contribution in [0, 0.1) is 11.6 Å². The molecule has 0 aliphatic rings. The van der Waals surface area contributed by atoms with Crippen LogP contribution in [0.25, 0.3) is 21.9 Å². The molecule has 0 saturated heterocycles. The minimum Gasteiger partial charge on any atom is -0.370 e. The molecule has 4 N–H and O–H groups in total. The van der Waals surface area contributed by atoms with Crippen molar-refractivity contribution in [1.29, 1.82) is 0 Å². The molecule has 1 amide bonds. The van der Waals surface area contributed by atoms with Crippen molar-refractivity contribution in [1.82, 2.24) is 0 Å². The molecule has 0 fully saturated rings. The maximum atomic E-state index is 14.3. The van der Waals surface area contributed by atoms with Crippen molar-refractivity contribution in [2.75, 3.05) is 0 Å². The average molecular weight is 360 g/mol. The Hall–Kier alpha value is -2.99. The number of hydrogen-bond acceptors (Lipinski definition) is 1. The lowest BCUT2D eigenvalue weighted by Gasteiger charge is -2.10. The van der Waals surface area contributed by atoms with Gasteiger partial charge in [-0.2, -0.15) is 4.99 Å². The Morgan fingerprint density at radius 2 is 1.68 bits per heavy atom. The van der Waals surface area contributed by atoms with Crippen LogP contribution in [0.1, 0.15) is 10.4 Å². The molecule has 0 spiro atoms. The molecule has 3 rings (SSSR count). The third-order valence-corrected chi connectivity index (χ3v) is 3.85. The topological polar surface area (TPSA) is 81.5 Å². The van der Waals surface area contributed by atoms with Crippen LogP contribution in [0.5, 0.6) is 0 Å². The lowest BCUT2D eigenvalue weighted by atomic mass is 9.96. The van der Waals surface area contributed by atoms with E-state index in [1.165, 1.54) is 12.1 Å². The van der Waals surface area contributed by atoms with Gasteiger partial charge in [-0.3, -0.25) is 4.79 Å². The van der Waals surface area contributed by atoms with Gasteiger partial charge < -0.3 is 11.5 Å². The molecule has 0 aliphatic carbocycles. The number of carbonyl (C=O) groups is 1. The summed E-state index contributed by atoms with van der Waals surface area (Å²) in [5.74, 6) is -2.60. The van der Waals surface area contributed by atoms with Gasteiger partial charge in [-0.15, -0.1) is 0 Å². The number of nitrogens with two attached hydrogens (primary N) is 2. The third-order valence-electron chi connectivity index (χ3n) is 3.64. The molecule has 3 aromatic carbocycles. The summed E-state index contributed by atoms with van der Waals surface area (Å²) in [6, 6.07) is 11.7. The van der Waals surface area contributed by atoms with Gasteiger partial charge in [0.25, 0.3) is 5.91 Å². The van der Waals surface area contributed by atoms with Gasteiger partial charge in [-0.05, 0) is 40.6 Å². The number of fused-ring (bicyclic) bond motifs is 1. The first-order valence-corrected chi connectivity index (χ1v) is 7.56. The second-order valence-electron chi connectivity index (χ2n) is 5.33. The van der Waals surface area contributed by atoms with E-state index in [2.05, 4.69) is 4.99 Å². The van der Waals surface area contributed by atoms with Crippen LogP contribution in [0.15, 0.2) is 53.5 Å². The number of hydrogen-bond donors (Lipinski definition) is 2. The number of nitrogens with zero attached hydrogens (tertiary/aromatic N) is 1. The van der Waals surface area contributed by atoms with Crippen LogP contribution in [0.2, 0.25) is 5.02 Å². The van der Waals surface area contributed by atoms with Crippen molar-refractivity contribution in [2.45, 2.75) is 0 Å². The summed E-state index contributed by atoms with van der Waals surface area (Å²) in [5.41, 5.74) is 10.7. The number of carbonyl (C=O) groups excluding carboxylic acids is 1. The first kappa shape index (κ1) is 16.9. The van der Waals surface area contributed by atoms with Crippen LogP contribution in [-0.4, -0.2) is 11.9 Å². The lowest BCUT2D eigenvalue weighted by molar-refractivity contribution is 0.100. The zero-order chi connectivity index (χ0) is 18.1. The Labute approximate surface area is 146 Å². The van der Waals surface area contributed by atoms with E-state index in [0.29, 0.717) is 16.3 Å². The van der Waals surface area contributed by atoms with Crippen molar-refractivity contribution in [3.8, 4) is 11.1 Å². The first-order valence-electron chi connectivity index (χ1n) is 7.18.